The van der Waals surface area contributed by atoms with E-state index in [-0.39, 0.29) is 0 Å². The monoisotopic (exact) mass is 388 g/mol. The van der Waals surface area contributed by atoms with Gasteiger partial charge < -0.3 is 4.57 Å². The highest BCUT2D eigenvalue weighted by Gasteiger charge is 2.19. The average Bonchev–Trinajstić information content (AvgIpc) is 3.51. The Morgan fingerprint density at radius 1 is 0.600 bits per heavy atom. The van der Waals surface area contributed by atoms with Crippen LogP contribution < -0.4 is 0 Å². The molecule has 0 aliphatic carbocycles. The quantitative estimate of drug-likeness (QED) is 0.721. The van der Waals surface area contributed by atoms with E-state index >= 15 is 0 Å². The summed E-state index contributed by atoms with van der Waals surface area (Å²) in [7, 11) is 1.96. The number of nitrogens with zero attached hydrogens (tertiary/aromatic N) is 6. The van der Waals surface area contributed by atoms with Crippen LogP contribution in [0.4, 0.5) is 0 Å². The summed E-state index contributed by atoms with van der Waals surface area (Å²) >= 11 is 0. The lowest BCUT2D eigenvalue weighted by Crippen LogP contribution is -1.91. The molecule has 0 aromatic carbocycles. The fourth-order valence-electron chi connectivity index (χ4n) is 3.65. The van der Waals surface area contributed by atoms with Crippen LogP contribution in [-0.2, 0) is 7.05 Å². The maximum atomic E-state index is 4.83. The Bertz CT molecular complexity index is 1370. The van der Waals surface area contributed by atoms with Gasteiger partial charge in [-0.25, -0.2) is 25.0 Å². The third-order valence-electron chi connectivity index (χ3n) is 5.02. The van der Waals surface area contributed by atoms with E-state index in [4.69, 9.17) is 9.98 Å². The molecule has 0 unspecified atom stereocenters. The Morgan fingerprint density at radius 3 is 1.73 bits per heavy atom. The summed E-state index contributed by atoms with van der Waals surface area (Å²) < 4.78 is 1.93. The molecule has 5 aliphatic rings. The standard InChI is InChI=1S/C24H16N6/c1-30-13-24(25-14-30)22-11-21-10-19-5-4-17(27-19)8-15-2-3-16(26-15)9-18-6-7-20(28-18)12-23(22)29-21/h2-14H,1H3. The number of hydrogen-bond donors (Lipinski definition) is 0. The van der Waals surface area contributed by atoms with E-state index in [0.717, 1.165) is 56.9 Å². The molecule has 5 aliphatic heterocycles. The van der Waals surface area contributed by atoms with Crippen molar-refractivity contribution in [3.63, 3.8) is 0 Å². The molecule has 30 heavy (non-hydrogen) atoms. The summed E-state index contributed by atoms with van der Waals surface area (Å²) in [6, 6.07) is 0. The molecule has 0 fully saturated rings. The van der Waals surface area contributed by atoms with Crippen molar-refractivity contribution in [2.24, 2.45) is 27.0 Å². The van der Waals surface area contributed by atoms with Crippen molar-refractivity contribution in [1.29, 1.82) is 0 Å². The number of imidazole rings is 1. The summed E-state index contributed by atoms with van der Waals surface area (Å²) in [5, 5.41) is 0. The van der Waals surface area contributed by atoms with E-state index in [2.05, 4.69) is 15.0 Å². The largest absolute Gasteiger partial charge is 0.340 e. The zero-order valence-electron chi connectivity index (χ0n) is 16.2. The van der Waals surface area contributed by atoms with Gasteiger partial charge in [-0.05, 0) is 66.8 Å². The van der Waals surface area contributed by atoms with E-state index in [1.54, 1.807) is 6.33 Å². The maximum absolute atomic E-state index is 4.83. The average molecular weight is 388 g/mol. The smallest absolute Gasteiger partial charge is 0.0951 e. The van der Waals surface area contributed by atoms with Crippen LogP contribution in [0.3, 0.4) is 0 Å². The minimum atomic E-state index is 0.837. The van der Waals surface area contributed by atoms with Gasteiger partial charge in [0.2, 0.25) is 0 Å². The second-order valence-corrected chi connectivity index (χ2v) is 7.37. The SMILES string of the molecule is Cn1cnc(C2=CC3=NC2=CC2=NC(=CC4=NC(=CC5=NC(=C3)C=C5)C=C4)C=C2)c1. The normalized spacial score (nSPS) is 20.9. The van der Waals surface area contributed by atoms with Gasteiger partial charge in [0.05, 0.1) is 57.7 Å². The van der Waals surface area contributed by atoms with Gasteiger partial charge in [-0.15, -0.1) is 0 Å². The highest BCUT2D eigenvalue weighted by molar-refractivity contribution is 6.18. The molecule has 0 radical (unpaired) electrons. The third kappa shape index (κ3) is 3.04. The fourth-order valence-corrected chi connectivity index (χ4v) is 3.65. The maximum Gasteiger partial charge on any atom is 0.0951 e. The second-order valence-electron chi connectivity index (χ2n) is 7.37. The van der Waals surface area contributed by atoms with Crippen LogP contribution in [0, 0.1) is 0 Å². The summed E-state index contributed by atoms with van der Waals surface area (Å²) in [6.45, 7) is 0. The van der Waals surface area contributed by atoms with Gasteiger partial charge >= 0.3 is 0 Å². The Kier molecular flexibility index (Phi) is 3.58. The molecule has 1 aromatic rings. The predicted octanol–water partition coefficient (Wildman–Crippen LogP) is 3.84. The molecule has 0 saturated heterocycles. The van der Waals surface area contributed by atoms with Crippen molar-refractivity contribution in [3.8, 4) is 0 Å². The van der Waals surface area contributed by atoms with Gasteiger partial charge in [0, 0.05) is 18.8 Å². The van der Waals surface area contributed by atoms with Gasteiger partial charge in [-0.2, -0.15) is 0 Å². The molecule has 6 nitrogen and oxygen atoms in total. The molecular formula is C24H16N6. The van der Waals surface area contributed by atoms with Gasteiger partial charge in [0.25, 0.3) is 0 Å². The van der Waals surface area contributed by atoms with Crippen LogP contribution in [0.15, 0.2) is 122 Å². The first-order valence-corrected chi connectivity index (χ1v) is 9.64. The molecule has 1 aromatic heterocycles. The van der Waals surface area contributed by atoms with Crippen molar-refractivity contribution in [2.75, 3.05) is 0 Å². The van der Waals surface area contributed by atoms with Crippen LogP contribution in [-0.4, -0.2) is 32.4 Å². The van der Waals surface area contributed by atoms with Crippen molar-refractivity contribution in [3.05, 3.63) is 108 Å². The molecule has 0 atom stereocenters. The molecule has 6 heteroatoms. The zero-order valence-corrected chi connectivity index (χ0v) is 16.2. The zero-order chi connectivity index (χ0) is 20.1. The summed E-state index contributed by atoms with van der Waals surface area (Å²) in [5.74, 6) is 0. The Hall–Kier alpha value is -4.19. The van der Waals surface area contributed by atoms with Gasteiger partial charge in [-0.1, -0.05) is 0 Å². The number of aliphatic imine (C=N–C) groups is 4. The number of aryl methyl sites for hydroxylation is 1. The van der Waals surface area contributed by atoms with Crippen LogP contribution in [0.25, 0.3) is 5.57 Å². The minimum absolute atomic E-state index is 0.837. The molecule has 6 rings (SSSR count). The summed E-state index contributed by atoms with van der Waals surface area (Å²) in [5.41, 5.74) is 8.72. The van der Waals surface area contributed by atoms with Crippen LogP contribution in [0.1, 0.15) is 5.69 Å². The van der Waals surface area contributed by atoms with Crippen LogP contribution in [0.2, 0.25) is 0 Å². The highest BCUT2D eigenvalue weighted by Crippen LogP contribution is 2.30. The first kappa shape index (κ1) is 16.7. The van der Waals surface area contributed by atoms with Gasteiger partial charge in [-0.3, -0.25) is 0 Å². The van der Waals surface area contributed by atoms with E-state index in [1.165, 1.54) is 0 Å². The second kappa shape index (κ2) is 6.42. The molecule has 8 bridgehead atoms. The van der Waals surface area contributed by atoms with E-state index in [0.29, 0.717) is 0 Å². The third-order valence-corrected chi connectivity index (χ3v) is 5.02. The number of aromatic nitrogens is 2. The fraction of sp³-hybridized carbons (Fsp3) is 0.0417. The molecular weight excluding hydrogens is 372 g/mol. The predicted molar refractivity (Wildman–Crippen MR) is 121 cm³/mol. The van der Waals surface area contributed by atoms with Gasteiger partial charge in [0.15, 0.2) is 0 Å². The summed E-state index contributed by atoms with van der Waals surface area (Å²) in [6.07, 6.45) is 25.7. The van der Waals surface area contributed by atoms with Crippen molar-refractivity contribution in [2.45, 2.75) is 0 Å². The van der Waals surface area contributed by atoms with Crippen molar-refractivity contribution < 1.29 is 0 Å². The summed E-state index contributed by atoms with van der Waals surface area (Å²) in [4.78, 5) is 23.4. The van der Waals surface area contributed by atoms with E-state index < -0.39 is 0 Å². The van der Waals surface area contributed by atoms with Crippen LogP contribution >= 0.6 is 0 Å². The first-order valence-electron chi connectivity index (χ1n) is 9.64. The highest BCUT2D eigenvalue weighted by atomic mass is 15.0. The van der Waals surface area contributed by atoms with Gasteiger partial charge in [0.1, 0.15) is 0 Å². The lowest BCUT2D eigenvalue weighted by Gasteiger charge is -1.99. The lowest BCUT2D eigenvalue weighted by molar-refractivity contribution is 0.913. The Morgan fingerprint density at radius 2 is 1.17 bits per heavy atom. The number of hydrogen-bond acceptors (Lipinski definition) is 5. The number of fused-ring (bicyclic) bond motifs is 4. The molecule has 0 saturated carbocycles. The Labute approximate surface area is 173 Å². The van der Waals surface area contributed by atoms with E-state index in [9.17, 15) is 0 Å². The van der Waals surface area contributed by atoms with Crippen LogP contribution in [0.5, 0.6) is 0 Å². The topological polar surface area (TPSA) is 67.3 Å². The Balaban J connectivity index is 1.51. The van der Waals surface area contributed by atoms with Crippen molar-refractivity contribution >= 4 is 28.4 Å². The molecule has 142 valence electrons. The molecule has 0 amide bonds. The molecule has 0 N–H and O–H groups in total. The number of allylic oxidation sites excluding steroid dienone is 12. The first-order chi connectivity index (χ1) is 14.7. The number of rotatable bonds is 1. The molecule has 6 heterocycles. The lowest BCUT2D eigenvalue weighted by atomic mass is 10.1. The van der Waals surface area contributed by atoms with Crippen molar-refractivity contribution in [1.82, 2.24) is 9.55 Å². The minimum Gasteiger partial charge on any atom is -0.340 e. The molecule has 0 spiro atoms. The van der Waals surface area contributed by atoms with E-state index in [1.807, 2.05) is 84.6 Å².